The van der Waals surface area contributed by atoms with E-state index in [0.29, 0.717) is 0 Å². The Kier molecular flexibility index (Phi) is 4.01. The first-order valence-electron chi connectivity index (χ1n) is 3.12. The molecule has 0 aliphatic rings. The molecule has 0 aliphatic carbocycles. The van der Waals surface area contributed by atoms with E-state index in [1.54, 1.807) is 0 Å². The first-order valence-corrected chi connectivity index (χ1v) is 4.56. The lowest BCUT2D eigenvalue weighted by atomic mass is 10.2. The fraction of sp³-hybridized carbons (Fsp3) is 0. The number of hydrogen-bond donors (Lipinski definition) is 1. The zero-order valence-electron chi connectivity index (χ0n) is 6.64. The summed E-state index contributed by atoms with van der Waals surface area (Å²) < 4.78 is 42.3. The molecule has 0 bridgehead atoms. The van der Waals surface area contributed by atoms with Gasteiger partial charge in [-0.25, -0.2) is 4.39 Å². The molecule has 76 valence electrons. The quantitative estimate of drug-likeness (QED) is 0.748. The van der Waals surface area contributed by atoms with Crippen molar-refractivity contribution in [3.05, 3.63) is 29.6 Å². The van der Waals surface area contributed by atoms with E-state index in [0.717, 1.165) is 18.2 Å². The van der Waals surface area contributed by atoms with Crippen LogP contribution in [-0.2, 0) is 10.1 Å². The van der Waals surface area contributed by atoms with Crippen LogP contribution in [0.2, 0.25) is 0 Å². The van der Waals surface area contributed by atoms with E-state index in [9.17, 15) is 12.8 Å². The number of halogens is 2. The van der Waals surface area contributed by atoms with Gasteiger partial charge in [0.2, 0.25) is 0 Å². The van der Waals surface area contributed by atoms with Gasteiger partial charge in [0.15, 0.2) is 0 Å². The molecule has 0 radical (unpaired) electrons. The molecule has 0 spiro atoms. The summed E-state index contributed by atoms with van der Waals surface area (Å²) in [5, 5.41) is 8.34. The van der Waals surface area contributed by atoms with Crippen LogP contribution in [-0.4, -0.2) is 13.0 Å². The molecule has 0 unspecified atom stereocenters. The van der Waals surface area contributed by atoms with Crippen LogP contribution < -0.4 is 0 Å². The van der Waals surface area contributed by atoms with Gasteiger partial charge in [0.1, 0.15) is 11.9 Å². The van der Waals surface area contributed by atoms with Crippen LogP contribution in [0.1, 0.15) is 5.56 Å². The summed E-state index contributed by atoms with van der Waals surface area (Å²) in [7, 11) is -4.37. The molecule has 1 N–H and O–H groups in total. The SMILES string of the molecule is Cl.N#Cc1cc(S(=O)(=O)O)ccc1F. The zero-order chi connectivity index (χ0) is 10.1. The zero-order valence-corrected chi connectivity index (χ0v) is 8.27. The lowest BCUT2D eigenvalue weighted by Crippen LogP contribution is -1.99. The fourth-order valence-corrected chi connectivity index (χ4v) is 1.26. The van der Waals surface area contributed by atoms with Crippen molar-refractivity contribution in [3.8, 4) is 6.07 Å². The number of rotatable bonds is 1. The molecule has 1 rings (SSSR count). The van der Waals surface area contributed by atoms with E-state index < -0.39 is 26.4 Å². The van der Waals surface area contributed by atoms with Crippen molar-refractivity contribution in [1.29, 1.82) is 5.26 Å². The van der Waals surface area contributed by atoms with E-state index in [4.69, 9.17) is 9.81 Å². The maximum Gasteiger partial charge on any atom is 0.294 e. The summed E-state index contributed by atoms with van der Waals surface area (Å²) in [5.41, 5.74) is -0.421. The van der Waals surface area contributed by atoms with Gasteiger partial charge in [-0.1, -0.05) is 0 Å². The molecule has 0 aliphatic heterocycles. The maximum atomic E-state index is 12.7. The Bertz CT molecular complexity index is 480. The van der Waals surface area contributed by atoms with Crippen LogP contribution in [0.3, 0.4) is 0 Å². The summed E-state index contributed by atoms with van der Waals surface area (Å²) in [4.78, 5) is -0.495. The summed E-state index contributed by atoms with van der Waals surface area (Å²) >= 11 is 0. The second-order valence-electron chi connectivity index (χ2n) is 2.23. The van der Waals surface area contributed by atoms with E-state index >= 15 is 0 Å². The van der Waals surface area contributed by atoms with E-state index in [1.165, 1.54) is 6.07 Å². The van der Waals surface area contributed by atoms with Gasteiger partial charge in [-0.2, -0.15) is 13.7 Å². The molecule has 0 atom stereocenters. The Labute approximate surface area is 86.1 Å². The van der Waals surface area contributed by atoms with Gasteiger partial charge in [0.25, 0.3) is 10.1 Å². The normalized spacial score (nSPS) is 10.1. The predicted molar refractivity (Wildman–Crippen MR) is 48.2 cm³/mol. The number of benzene rings is 1. The highest BCUT2D eigenvalue weighted by molar-refractivity contribution is 7.85. The van der Waals surface area contributed by atoms with Gasteiger partial charge >= 0.3 is 0 Å². The van der Waals surface area contributed by atoms with Gasteiger partial charge in [-0.3, -0.25) is 4.55 Å². The minimum absolute atomic E-state index is 0. The molecule has 14 heavy (non-hydrogen) atoms. The maximum absolute atomic E-state index is 12.7. The lowest BCUT2D eigenvalue weighted by molar-refractivity contribution is 0.483. The van der Waals surface area contributed by atoms with Crippen molar-refractivity contribution in [3.63, 3.8) is 0 Å². The van der Waals surface area contributed by atoms with Crippen LogP contribution in [0.5, 0.6) is 0 Å². The fourth-order valence-electron chi connectivity index (χ4n) is 0.751. The number of nitriles is 1. The largest absolute Gasteiger partial charge is 0.294 e. The van der Waals surface area contributed by atoms with E-state index in [-0.39, 0.29) is 12.4 Å². The molecule has 0 saturated heterocycles. The lowest BCUT2D eigenvalue weighted by Gasteiger charge is -1.97. The van der Waals surface area contributed by atoms with Gasteiger partial charge in [0.05, 0.1) is 10.5 Å². The van der Waals surface area contributed by atoms with Gasteiger partial charge < -0.3 is 0 Å². The minimum Gasteiger partial charge on any atom is -0.282 e. The number of hydrogen-bond acceptors (Lipinski definition) is 3. The topological polar surface area (TPSA) is 78.2 Å². The van der Waals surface area contributed by atoms with Crippen LogP contribution >= 0.6 is 12.4 Å². The Hall–Kier alpha value is -1.16. The van der Waals surface area contributed by atoms with Crippen molar-refractivity contribution in [1.82, 2.24) is 0 Å². The molecule has 7 heteroatoms. The first kappa shape index (κ1) is 12.8. The summed E-state index contributed by atoms with van der Waals surface area (Å²) in [5.74, 6) is -0.824. The highest BCUT2D eigenvalue weighted by Crippen LogP contribution is 2.13. The minimum atomic E-state index is -4.37. The summed E-state index contributed by atoms with van der Waals surface area (Å²) in [6.07, 6.45) is 0. The highest BCUT2D eigenvalue weighted by atomic mass is 35.5. The molecule has 0 fully saturated rings. The van der Waals surface area contributed by atoms with Crippen molar-refractivity contribution >= 4 is 22.5 Å². The van der Waals surface area contributed by atoms with Crippen molar-refractivity contribution in [2.45, 2.75) is 4.90 Å². The average molecular weight is 238 g/mol. The van der Waals surface area contributed by atoms with Crippen molar-refractivity contribution < 1.29 is 17.4 Å². The third kappa shape index (κ3) is 2.67. The van der Waals surface area contributed by atoms with Gasteiger partial charge in [-0.05, 0) is 18.2 Å². The predicted octanol–water partition coefficient (Wildman–Crippen LogP) is 1.37. The van der Waals surface area contributed by atoms with Gasteiger partial charge in [0, 0.05) is 0 Å². The third-order valence-corrected chi connectivity index (χ3v) is 2.21. The molecule has 4 nitrogen and oxygen atoms in total. The molecule has 0 amide bonds. The number of nitrogens with zero attached hydrogens (tertiary/aromatic N) is 1. The summed E-state index contributed by atoms with van der Waals surface area (Å²) in [6, 6.07) is 3.91. The van der Waals surface area contributed by atoms with E-state index in [1.807, 2.05) is 0 Å². The molecule has 0 heterocycles. The van der Waals surface area contributed by atoms with Crippen LogP contribution in [0, 0.1) is 17.1 Å². The molecule has 1 aromatic rings. The third-order valence-electron chi connectivity index (χ3n) is 1.36. The van der Waals surface area contributed by atoms with Gasteiger partial charge in [-0.15, -0.1) is 12.4 Å². The highest BCUT2D eigenvalue weighted by Gasteiger charge is 2.12. The molecular weight excluding hydrogens is 233 g/mol. The molecule has 0 saturated carbocycles. The standard InChI is InChI=1S/C7H4FNO3S.ClH/c8-7-2-1-6(13(10,11)12)3-5(7)4-9;/h1-3H,(H,10,11,12);1H. The average Bonchev–Trinajstić information content (AvgIpc) is 2.03. The smallest absolute Gasteiger partial charge is 0.282 e. The molecule has 1 aromatic carbocycles. The van der Waals surface area contributed by atoms with Crippen LogP contribution in [0.4, 0.5) is 4.39 Å². The van der Waals surface area contributed by atoms with Crippen LogP contribution in [0.25, 0.3) is 0 Å². The Morgan fingerprint density at radius 2 is 2.00 bits per heavy atom. The van der Waals surface area contributed by atoms with Crippen molar-refractivity contribution in [2.24, 2.45) is 0 Å². The van der Waals surface area contributed by atoms with E-state index in [2.05, 4.69) is 0 Å². The van der Waals surface area contributed by atoms with Crippen LogP contribution in [0.15, 0.2) is 23.1 Å². The monoisotopic (exact) mass is 237 g/mol. The first-order chi connectivity index (χ1) is 5.95. The molecular formula is C7H5ClFNO3S. The molecule has 0 aromatic heterocycles. The Balaban J connectivity index is 0.00000169. The second-order valence-corrected chi connectivity index (χ2v) is 3.65. The Morgan fingerprint density at radius 1 is 1.43 bits per heavy atom. The Morgan fingerprint density at radius 3 is 2.43 bits per heavy atom. The van der Waals surface area contributed by atoms with Crippen molar-refractivity contribution in [2.75, 3.05) is 0 Å². The summed E-state index contributed by atoms with van der Waals surface area (Å²) in [6.45, 7) is 0. The second kappa shape index (κ2) is 4.37.